The van der Waals surface area contributed by atoms with Crippen LogP contribution in [0.1, 0.15) is 24.6 Å². The minimum absolute atomic E-state index is 0.0786. The summed E-state index contributed by atoms with van der Waals surface area (Å²) in [5.74, 6) is 0.866. The molecule has 10 heteroatoms. The number of carbonyl (C=O) groups is 1. The van der Waals surface area contributed by atoms with Gasteiger partial charge in [-0.1, -0.05) is 35.0 Å². The second kappa shape index (κ2) is 9.17. The Morgan fingerprint density at radius 1 is 1.10 bits per heavy atom. The van der Waals surface area contributed by atoms with Gasteiger partial charge in [0, 0.05) is 29.6 Å². The zero-order valence-electron chi connectivity index (χ0n) is 16.6. The standard InChI is InChI=1S/C21H21ClN4O4S/c22-17-8-6-16(7-9-17)21-24-20(25-30-21)15-10-12-26(13-11-15)19(27)14-23-31(28,29)18-4-2-1-3-5-18/h1-9,15,23H,10-14H2. The van der Waals surface area contributed by atoms with E-state index in [0.29, 0.717) is 42.7 Å². The molecule has 0 radical (unpaired) electrons. The largest absolute Gasteiger partial charge is 0.342 e. The number of nitrogens with one attached hydrogen (secondary N) is 1. The number of carbonyl (C=O) groups excluding carboxylic acids is 1. The number of halogens is 1. The Morgan fingerprint density at radius 3 is 2.45 bits per heavy atom. The summed E-state index contributed by atoms with van der Waals surface area (Å²) in [5.41, 5.74) is 0.793. The van der Waals surface area contributed by atoms with Gasteiger partial charge in [-0.2, -0.15) is 4.98 Å². The quantitative estimate of drug-likeness (QED) is 0.606. The zero-order chi connectivity index (χ0) is 21.8. The summed E-state index contributed by atoms with van der Waals surface area (Å²) < 4.78 is 32.3. The minimum atomic E-state index is -3.71. The third kappa shape index (κ3) is 5.12. The van der Waals surface area contributed by atoms with Crippen LogP contribution in [0.3, 0.4) is 0 Å². The molecule has 2 aromatic carbocycles. The van der Waals surface area contributed by atoms with Crippen molar-refractivity contribution in [1.29, 1.82) is 0 Å². The monoisotopic (exact) mass is 460 g/mol. The van der Waals surface area contributed by atoms with Crippen molar-refractivity contribution in [3.63, 3.8) is 0 Å². The van der Waals surface area contributed by atoms with E-state index in [1.807, 2.05) is 12.1 Å². The normalized spacial score (nSPS) is 15.2. The summed E-state index contributed by atoms with van der Waals surface area (Å²) in [6.07, 6.45) is 1.35. The number of rotatable bonds is 6. The summed E-state index contributed by atoms with van der Waals surface area (Å²) in [7, 11) is -3.71. The topological polar surface area (TPSA) is 105 Å². The lowest BCUT2D eigenvalue weighted by molar-refractivity contribution is -0.131. The molecular formula is C21H21ClN4O4S. The summed E-state index contributed by atoms with van der Waals surface area (Å²) >= 11 is 5.91. The zero-order valence-corrected chi connectivity index (χ0v) is 18.1. The van der Waals surface area contributed by atoms with Gasteiger partial charge in [0.1, 0.15) is 0 Å². The number of piperidine rings is 1. The lowest BCUT2D eigenvalue weighted by Crippen LogP contribution is -2.43. The fraction of sp³-hybridized carbons (Fsp3) is 0.286. The van der Waals surface area contributed by atoms with Crippen molar-refractivity contribution in [3.05, 3.63) is 65.4 Å². The highest BCUT2D eigenvalue weighted by Gasteiger charge is 2.28. The Hall–Kier alpha value is -2.75. The molecule has 2 heterocycles. The fourth-order valence-electron chi connectivity index (χ4n) is 3.45. The van der Waals surface area contributed by atoms with Crippen LogP contribution in [0, 0.1) is 0 Å². The number of benzene rings is 2. The molecule has 1 aliphatic heterocycles. The molecule has 1 N–H and O–H groups in total. The van der Waals surface area contributed by atoms with Gasteiger partial charge in [0.15, 0.2) is 5.82 Å². The van der Waals surface area contributed by atoms with Crippen molar-refractivity contribution in [2.75, 3.05) is 19.6 Å². The van der Waals surface area contributed by atoms with E-state index in [4.69, 9.17) is 16.1 Å². The summed E-state index contributed by atoms with van der Waals surface area (Å²) in [6.45, 7) is 0.730. The third-order valence-electron chi connectivity index (χ3n) is 5.21. The predicted molar refractivity (Wildman–Crippen MR) is 115 cm³/mol. The number of hydrogen-bond donors (Lipinski definition) is 1. The summed E-state index contributed by atoms with van der Waals surface area (Å²) in [5, 5.41) is 4.73. The van der Waals surface area contributed by atoms with Crippen LogP contribution in [0.2, 0.25) is 5.02 Å². The lowest BCUT2D eigenvalue weighted by Gasteiger charge is -2.30. The molecule has 1 fully saturated rings. The first-order chi connectivity index (χ1) is 14.9. The molecule has 162 valence electrons. The van der Waals surface area contributed by atoms with Crippen molar-refractivity contribution < 1.29 is 17.7 Å². The highest BCUT2D eigenvalue weighted by Crippen LogP contribution is 2.28. The van der Waals surface area contributed by atoms with Gasteiger partial charge >= 0.3 is 0 Å². The molecule has 1 aliphatic rings. The molecular weight excluding hydrogens is 440 g/mol. The van der Waals surface area contributed by atoms with Gasteiger partial charge in [-0.15, -0.1) is 0 Å². The Balaban J connectivity index is 1.30. The Kier molecular flexibility index (Phi) is 6.35. The van der Waals surface area contributed by atoms with Gasteiger partial charge in [0.2, 0.25) is 15.9 Å². The highest BCUT2D eigenvalue weighted by molar-refractivity contribution is 7.89. The van der Waals surface area contributed by atoms with E-state index in [2.05, 4.69) is 14.9 Å². The molecule has 1 amide bonds. The van der Waals surface area contributed by atoms with Crippen molar-refractivity contribution in [2.24, 2.45) is 0 Å². The first kappa shape index (κ1) is 21.5. The molecule has 4 rings (SSSR count). The van der Waals surface area contributed by atoms with Crippen LogP contribution < -0.4 is 4.72 Å². The molecule has 1 aromatic heterocycles. The van der Waals surface area contributed by atoms with E-state index < -0.39 is 10.0 Å². The second-order valence-corrected chi connectivity index (χ2v) is 9.46. The number of likely N-dealkylation sites (tertiary alicyclic amines) is 1. The van der Waals surface area contributed by atoms with E-state index in [1.165, 1.54) is 12.1 Å². The molecule has 0 spiro atoms. The molecule has 31 heavy (non-hydrogen) atoms. The first-order valence-electron chi connectivity index (χ1n) is 9.84. The van der Waals surface area contributed by atoms with Crippen LogP contribution in [0.4, 0.5) is 0 Å². The minimum Gasteiger partial charge on any atom is -0.342 e. The van der Waals surface area contributed by atoms with Gasteiger partial charge in [0.25, 0.3) is 5.89 Å². The summed E-state index contributed by atoms with van der Waals surface area (Å²) in [4.78, 5) is 18.8. The van der Waals surface area contributed by atoms with Crippen LogP contribution in [-0.4, -0.2) is 49.0 Å². The van der Waals surface area contributed by atoms with E-state index in [1.54, 1.807) is 35.2 Å². The van der Waals surface area contributed by atoms with E-state index in [0.717, 1.165) is 5.56 Å². The molecule has 0 aliphatic carbocycles. The number of nitrogens with zero attached hydrogens (tertiary/aromatic N) is 3. The van der Waals surface area contributed by atoms with Crippen molar-refractivity contribution in [3.8, 4) is 11.5 Å². The van der Waals surface area contributed by atoms with Crippen molar-refractivity contribution in [1.82, 2.24) is 19.8 Å². The van der Waals surface area contributed by atoms with E-state index in [-0.39, 0.29) is 23.3 Å². The third-order valence-corrected chi connectivity index (χ3v) is 6.88. The molecule has 3 aromatic rings. The number of sulfonamides is 1. The summed E-state index contributed by atoms with van der Waals surface area (Å²) in [6, 6.07) is 15.1. The van der Waals surface area contributed by atoms with E-state index >= 15 is 0 Å². The van der Waals surface area contributed by atoms with Gasteiger partial charge in [-0.3, -0.25) is 4.79 Å². The molecule has 1 saturated heterocycles. The van der Waals surface area contributed by atoms with Gasteiger partial charge in [-0.05, 0) is 49.2 Å². The highest BCUT2D eigenvalue weighted by atomic mass is 35.5. The maximum absolute atomic E-state index is 12.5. The van der Waals surface area contributed by atoms with Crippen LogP contribution in [0.15, 0.2) is 64.0 Å². The Morgan fingerprint density at radius 2 is 1.77 bits per heavy atom. The van der Waals surface area contributed by atoms with Gasteiger partial charge in [-0.25, -0.2) is 13.1 Å². The lowest BCUT2D eigenvalue weighted by atomic mass is 9.96. The van der Waals surface area contributed by atoms with Gasteiger partial charge in [0.05, 0.1) is 11.4 Å². The smallest absolute Gasteiger partial charge is 0.257 e. The molecule has 0 unspecified atom stereocenters. The molecule has 0 bridgehead atoms. The van der Waals surface area contributed by atoms with Crippen molar-refractivity contribution >= 4 is 27.5 Å². The van der Waals surface area contributed by atoms with E-state index in [9.17, 15) is 13.2 Å². The Labute approximate surface area is 185 Å². The number of hydrogen-bond acceptors (Lipinski definition) is 6. The van der Waals surface area contributed by atoms with Gasteiger partial charge < -0.3 is 9.42 Å². The second-order valence-electron chi connectivity index (χ2n) is 7.26. The number of aromatic nitrogens is 2. The Bertz CT molecular complexity index is 1140. The fourth-order valence-corrected chi connectivity index (χ4v) is 4.57. The molecule has 0 atom stereocenters. The molecule has 8 nitrogen and oxygen atoms in total. The van der Waals surface area contributed by atoms with Crippen LogP contribution in [0.5, 0.6) is 0 Å². The molecule has 0 saturated carbocycles. The number of amides is 1. The predicted octanol–water partition coefficient (Wildman–Crippen LogP) is 3.07. The SMILES string of the molecule is O=C(CNS(=O)(=O)c1ccccc1)N1CCC(c2noc(-c3ccc(Cl)cc3)n2)CC1. The van der Waals surface area contributed by atoms with Crippen LogP contribution >= 0.6 is 11.6 Å². The van der Waals surface area contributed by atoms with Crippen LogP contribution in [-0.2, 0) is 14.8 Å². The average Bonchev–Trinajstić information content (AvgIpc) is 3.29. The van der Waals surface area contributed by atoms with Crippen LogP contribution in [0.25, 0.3) is 11.5 Å². The van der Waals surface area contributed by atoms with Crippen molar-refractivity contribution in [2.45, 2.75) is 23.7 Å². The first-order valence-corrected chi connectivity index (χ1v) is 11.7. The average molecular weight is 461 g/mol. The maximum Gasteiger partial charge on any atom is 0.257 e. The maximum atomic E-state index is 12.5.